The number of nitrogens with one attached hydrogen (secondary N) is 1. The first-order valence-electron chi connectivity index (χ1n) is 13.1. The van der Waals surface area contributed by atoms with E-state index in [0.29, 0.717) is 5.75 Å². The highest BCUT2D eigenvalue weighted by Gasteiger charge is 2.33. The Balaban J connectivity index is 2.06. The summed E-state index contributed by atoms with van der Waals surface area (Å²) in [6, 6.07) is 17.3. The maximum absolute atomic E-state index is 14.0. The van der Waals surface area contributed by atoms with Crippen molar-refractivity contribution in [2.24, 2.45) is 0 Å². The lowest BCUT2D eigenvalue weighted by atomic mass is 10.1. The quantitative estimate of drug-likeness (QED) is 0.258. The standard InChI is InChI=1S/C30H35BrClN3O5S/c1-6-21(3)33-30(37)22(4)34(18-23-8-7-9-24(31)16-23)29(36)19-35(25-12-15-28(40-5)27(32)17-25)41(38,39)26-13-10-20(2)11-14-26/h7-17,21-22H,6,18-19H2,1-5H3,(H,33,37)/t21-,22-/m0/s1. The van der Waals surface area contributed by atoms with Crippen molar-refractivity contribution in [2.45, 2.75) is 57.6 Å². The van der Waals surface area contributed by atoms with Crippen molar-refractivity contribution < 1.29 is 22.7 Å². The van der Waals surface area contributed by atoms with Crippen molar-refractivity contribution in [2.75, 3.05) is 18.0 Å². The number of carbonyl (C=O) groups excluding carboxylic acids is 2. The molecule has 0 aliphatic heterocycles. The van der Waals surface area contributed by atoms with Gasteiger partial charge in [-0.1, -0.05) is 64.3 Å². The second-order valence-electron chi connectivity index (χ2n) is 9.79. The van der Waals surface area contributed by atoms with Crippen LogP contribution in [-0.4, -0.2) is 50.9 Å². The Labute approximate surface area is 255 Å². The van der Waals surface area contributed by atoms with Crippen molar-refractivity contribution in [1.29, 1.82) is 0 Å². The topological polar surface area (TPSA) is 96.0 Å². The molecule has 3 aromatic rings. The number of ether oxygens (including phenoxy) is 1. The number of halogens is 2. The molecule has 0 fully saturated rings. The molecule has 0 aromatic heterocycles. The second-order valence-corrected chi connectivity index (χ2v) is 13.0. The minimum absolute atomic E-state index is 0.0175. The van der Waals surface area contributed by atoms with Gasteiger partial charge in [-0.15, -0.1) is 0 Å². The first-order valence-corrected chi connectivity index (χ1v) is 15.8. The molecule has 2 amide bonds. The van der Waals surface area contributed by atoms with Gasteiger partial charge in [0.1, 0.15) is 18.3 Å². The number of anilines is 1. The highest BCUT2D eigenvalue weighted by molar-refractivity contribution is 9.10. The van der Waals surface area contributed by atoms with E-state index in [1.807, 2.05) is 45.0 Å². The van der Waals surface area contributed by atoms with Crippen molar-refractivity contribution >= 4 is 55.1 Å². The van der Waals surface area contributed by atoms with Crippen molar-refractivity contribution in [3.8, 4) is 5.75 Å². The number of carbonyl (C=O) groups is 2. The van der Waals surface area contributed by atoms with Gasteiger partial charge in [0.25, 0.3) is 10.0 Å². The summed E-state index contributed by atoms with van der Waals surface area (Å²) in [5.41, 5.74) is 1.85. The minimum atomic E-state index is -4.21. The fourth-order valence-corrected chi connectivity index (χ4v) is 6.16. The molecule has 41 heavy (non-hydrogen) atoms. The number of sulfonamides is 1. The number of hydrogen-bond donors (Lipinski definition) is 1. The first kappa shape index (κ1) is 32.4. The smallest absolute Gasteiger partial charge is 0.264 e. The SMILES string of the molecule is CC[C@H](C)NC(=O)[C@H](C)N(Cc1cccc(Br)c1)C(=O)CN(c1ccc(OC)c(Cl)c1)S(=O)(=O)c1ccc(C)cc1. The average Bonchev–Trinajstić information content (AvgIpc) is 2.94. The predicted octanol–water partition coefficient (Wildman–Crippen LogP) is 5.95. The molecule has 0 aliphatic rings. The van der Waals surface area contributed by atoms with E-state index in [4.69, 9.17) is 16.3 Å². The maximum atomic E-state index is 14.0. The summed E-state index contributed by atoms with van der Waals surface area (Å²) in [6.07, 6.45) is 0.721. The van der Waals surface area contributed by atoms with Gasteiger partial charge in [0, 0.05) is 17.1 Å². The molecule has 0 radical (unpaired) electrons. The Kier molecular flexibility index (Phi) is 11.2. The van der Waals surface area contributed by atoms with Crippen LogP contribution < -0.4 is 14.4 Å². The Morgan fingerprint density at radius 2 is 1.73 bits per heavy atom. The van der Waals surface area contributed by atoms with E-state index in [1.54, 1.807) is 25.1 Å². The van der Waals surface area contributed by atoms with E-state index < -0.39 is 28.5 Å². The van der Waals surface area contributed by atoms with Crippen LogP contribution in [0.5, 0.6) is 5.75 Å². The van der Waals surface area contributed by atoms with E-state index in [1.165, 1.54) is 36.3 Å². The number of rotatable bonds is 12. The van der Waals surface area contributed by atoms with Crippen LogP contribution in [0.3, 0.4) is 0 Å². The molecule has 0 heterocycles. The number of hydrogen-bond acceptors (Lipinski definition) is 5. The number of benzene rings is 3. The molecule has 2 atom stereocenters. The summed E-state index contributed by atoms with van der Waals surface area (Å²) < 4.78 is 35.0. The van der Waals surface area contributed by atoms with Crippen LogP contribution in [0.25, 0.3) is 0 Å². The third kappa shape index (κ3) is 8.24. The van der Waals surface area contributed by atoms with Crippen molar-refractivity contribution in [3.63, 3.8) is 0 Å². The van der Waals surface area contributed by atoms with E-state index in [-0.39, 0.29) is 34.1 Å². The minimum Gasteiger partial charge on any atom is -0.495 e. The van der Waals surface area contributed by atoms with Gasteiger partial charge in [-0.05, 0) is 75.2 Å². The lowest BCUT2D eigenvalue weighted by molar-refractivity contribution is -0.139. The van der Waals surface area contributed by atoms with E-state index >= 15 is 0 Å². The third-order valence-electron chi connectivity index (χ3n) is 6.72. The lowest BCUT2D eigenvalue weighted by Crippen LogP contribution is -2.52. The average molecular weight is 665 g/mol. The van der Waals surface area contributed by atoms with Crippen LogP contribution >= 0.6 is 27.5 Å². The van der Waals surface area contributed by atoms with Gasteiger partial charge in [0.2, 0.25) is 11.8 Å². The zero-order chi connectivity index (χ0) is 30.3. The molecule has 3 rings (SSSR count). The molecule has 0 saturated carbocycles. The molecule has 1 N–H and O–H groups in total. The molecule has 0 saturated heterocycles. The Bertz CT molecular complexity index is 1480. The van der Waals surface area contributed by atoms with Gasteiger partial charge in [0.05, 0.1) is 22.7 Å². The summed E-state index contributed by atoms with van der Waals surface area (Å²) in [4.78, 5) is 28.6. The summed E-state index contributed by atoms with van der Waals surface area (Å²) in [5, 5.41) is 3.11. The van der Waals surface area contributed by atoms with Crippen LogP contribution in [0.4, 0.5) is 5.69 Å². The van der Waals surface area contributed by atoms with Gasteiger partial charge in [-0.25, -0.2) is 8.42 Å². The van der Waals surface area contributed by atoms with Gasteiger partial charge in [0.15, 0.2) is 0 Å². The van der Waals surface area contributed by atoms with Gasteiger partial charge in [-0.3, -0.25) is 13.9 Å². The zero-order valence-electron chi connectivity index (χ0n) is 23.7. The second kappa shape index (κ2) is 14.2. The van der Waals surface area contributed by atoms with Crippen LogP contribution in [0.15, 0.2) is 76.1 Å². The van der Waals surface area contributed by atoms with E-state index in [2.05, 4.69) is 21.2 Å². The Morgan fingerprint density at radius 3 is 2.32 bits per heavy atom. The molecular formula is C30H35BrClN3O5S. The van der Waals surface area contributed by atoms with Gasteiger partial charge >= 0.3 is 0 Å². The number of methoxy groups -OCH3 is 1. The van der Waals surface area contributed by atoms with Crippen molar-refractivity contribution in [3.05, 3.63) is 87.4 Å². The highest BCUT2D eigenvalue weighted by Crippen LogP contribution is 2.32. The molecule has 0 bridgehead atoms. The molecular weight excluding hydrogens is 630 g/mol. The van der Waals surface area contributed by atoms with Crippen LogP contribution in [0, 0.1) is 6.92 Å². The molecule has 0 aliphatic carbocycles. The fraction of sp³-hybridized carbons (Fsp3) is 0.333. The molecule has 0 spiro atoms. The van der Waals surface area contributed by atoms with Gasteiger partial charge < -0.3 is 15.0 Å². The van der Waals surface area contributed by atoms with Crippen LogP contribution in [0.1, 0.15) is 38.3 Å². The van der Waals surface area contributed by atoms with E-state index in [9.17, 15) is 18.0 Å². The maximum Gasteiger partial charge on any atom is 0.264 e. The fourth-order valence-electron chi connectivity index (χ4n) is 4.06. The number of amides is 2. The number of nitrogens with zero attached hydrogens (tertiary/aromatic N) is 2. The molecule has 11 heteroatoms. The Hall–Kier alpha value is -3.08. The largest absolute Gasteiger partial charge is 0.495 e. The normalized spacial score (nSPS) is 12.8. The Morgan fingerprint density at radius 1 is 1.05 bits per heavy atom. The van der Waals surface area contributed by atoms with Crippen LogP contribution in [0.2, 0.25) is 5.02 Å². The summed E-state index contributed by atoms with van der Waals surface area (Å²) >= 11 is 9.82. The van der Waals surface area contributed by atoms with Crippen molar-refractivity contribution in [1.82, 2.24) is 10.2 Å². The monoisotopic (exact) mass is 663 g/mol. The molecule has 3 aromatic carbocycles. The highest BCUT2D eigenvalue weighted by atomic mass is 79.9. The zero-order valence-corrected chi connectivity index (χ0v) is 26.9. The summed E-state index contributed by atoms with van der Waals surface area (Å²) in [5.74, 6) is -0.524. The lowest BCUT2D eigenvalue weighted by Gasteiger charge is -2.32. The predicted molar refractivity (Wildman–Crippen MR) is 166 cm³/mol. The van der Waals surface area contributed by atoms with Crippen LogP contribution in [-0.2, 0) is 26.2 Å². The van der Waals surface area contributed by atoms with Gasteiger partial charge in [-0.2, -0.15) is 0 Å². The summed E-state index contributed by atoms with van der Waals surface area (Å²) in [6.45, 7) is 6.86. The van der Waals surface area contributed by atoms with E-state index in [0.717, 1.165) is 26.3 Å². The summed E-state index contributed by atoms with van der Waals surface area (Å²) in [7, 11) is -2.75. The molecule has 0 unspecified atom stereocenters. The molecule has 8 nitrogen and oxygen atoms in total. The molecule has 220 valence electrons. The third-order valence-corrected chi connectivity index (χ3v) is 9.30. The first-order chi connectivity index (χ1) is 19.4. The number of aryl methyl sites for hydroxylation is 1.